The van der Waals surface area contributed by atoms with Gasteiger partial charge in [-0.15, -0.1) is 5.10 Å². The molecule has 8 rings (SSSR count). The Hall–Kier alpha value is -7.67. The van der Waals surface area contributed by atoms with Crippen LogP contribution in [0.3, 0.4) is 0 Å². The third kappa shape index (κ3) is 8.96. The minimum absolute atomic E-state index is 0.0216. The van der Waals surface area contributed by atoms with Gasteiger partial charge in [-0.05, 0) is 65.6 Å². The van der Waals surface area contributed by atoms with Crippen molar-refractivity contribution in [1.29, 1.82) is 5.26 Å². The number of phenolic OH excluding ortho intramolecular Hbond substituents is 2. The van der Waals surface area contributed by atoms with E-state index in [1.54, 1.807) is 23.1 Å². The van der Waals surface area contributed by atoms with Gasteiger partial charge in [0, 0.05) is 68.4 Å². The number of nitrogens with one attached hydrogen (secondary N) is 2. The highest BCUT2D eigenvalue weighted by Gasteiger charge is 2.33. The number of anilines is 3. The molecule has 16 nitrogen and oxygen atoms in total. The van der Waals surface area contributed by atoms with Crippen molar-refractivity contribution >= 4 is 40.0 Å². The number of benzene rings is 4. The minimum atomic E-state index is -0.355. The van der Waals surface area contributed by atoms with Gasteiger partial charge in [-0.25, -0.2) is 9.55 Å². The molecule has 328 valence electrons. The van der Waals surface area contributed by atoms with Crippen molar-refractivity contribution in [1.82, 2.24) is 34.9 Å². The quantitative estimate of drug-likeness (QED) is 0.0803. The summed E-state index contributed by atoms with van der Waals surface area (Å²) in [7, 11) is 0. The number of amides is 2. The molecule has 64 heavy (non-hydrogen) atoms. The highest BCUT2D eigenvalue weighted by Crippen LogP contribution is 2.39. The average Bonchev–Trinajstić information content (AvgIpc) is 3.68. The van der Waals surface area contributed by atoms with Crippen molar-refractivity contribution in [3.8, 4) is 40.7 Å². The summed E-state index contributed by atoms with van der Waals surface area (Å²) >= 11 is 0. The summed E-state index contributed by atoms with van der Waals surface area (Å²) in [5.41, 5.74) is 5.52. The fourth-order valence-corrected chi connectivity index (χ4v) is 8.63. The number of nitrogens with zero attached hydrogens (tertiary/aromatic N) is 9. The second-order valence-electron chi connectivity index (χ2n) is 16.3. The van der Waals surface area contributed by atoms with Crippen LogP contribution in [0.25, 0.3) is 27.8 Å². The Morgan fingerprint density at radius 1 is 0.938 bits per heavy atom. The van der Waals surface area contributed by atoms with Crippen LogP contribution in [0.1, 0.15) is 55.0 Å². The van der Waals surface area contributed by atoms with Gasteiger partial charge >= 0.3 is 6.01 Å². The van der Waals surface area contributed by atoms with Crippen LogP contribution in [0.4, 0.5) is 17.5 Å². The third-order valence-electron chi connectivity index (χ3n) is 11.9. The molecule has 4 heterocycles. The van der Waals surface area contributed by atoms with Gasteiger partial charge in [-0.2, -0.15) is 10.2 Å². The highest BCUT2D eigenvalue weighted by molar-refractivity contribution is 5.94. The molecule has 2 aromatic heterocycles. The molecule has 6 aromatic rings. The smallest absolute Gasteiger partial charge is 0.319 e. The van der Waals surface area contributed by atoms with Crippen LogP contribution < -0.4 is 20.4 Å². The van der Waals surface area contributed by atoms with Crippen LogP contribution in [-0.2, 0) is 29.0 Å². The highest BCUT2D eigenvalue weighted by atomic mass is 16.3. The van der Waals surface area contributed by atoms with Gasteiger partial charge in [0.2, 0.25) is 17.8 Å². The lowest BCUT2D eigenvalue weighted by Crippen LogP contribution is -2.55. The van der Waals surface area contributed by atoms with Gasteiger partial charge in [0.05, 0.1) is 42.0 Å². The number of carbonyl (C=O) groups is 2. The van der Waals surface area contributed by atoms with Crippen molar-refractivity contribution < 1.29 is 24.9 Å². The van der Waals surface area contributed by atoms with Gasteiger partial charge in [0.25, 0.3) is 0 Å². The summed E-state index contributed by atoms with van der Waals surface area (Å²) in [6.45, 7) is 11.0. The first kappa shape index (κ1) is 43.0. The molecule has 2 amide bonds. The normalized spacial score (nSPS) is 14.9. The maximum Gasteiger partial charge on any atom is 0.319 e. The molecule has 0 unspecified atom stereocenters. The number of carbonyl (C=O) groups excluding carboxylic acids is 2. The maximum atomic E-state index is 13.1. The van der Waals surface area contributed by atoms with E-state index in [4.69, 9.17) is 9.97 Å². The number of aromatic hydroxyl groups is 3. The molecule has 4 aromatic carbocycles. The second-order valence-corrected chi connectivity index (χ2v) is 16.3. The van der Waals surface area contributed by atoms with Gasteiger partial charge in [-0.1, -0.05) is 74.1 Å². The summed E-state index contributed by atoms with van der Waals surface area (Å²) in [4.78, 5) is 42.0. The number of aromatic nitrogens is 5. The van der Waals surface area contributed by atoms with Crippen LogP contribution in [-0.4, -0.2) is 102 Å². The molecule has 16 heteroatoms. The number of hydrogen-bond donors (Lipinski definition) is 5. The number of hydrogen-bond acceptors (Lipinski definition) is 13. The third-order valence-corrected chi connectivity index (χ3v) is 11.9. The maximum absolute atomic E-state index is 13.1. The molecule has 0 aliphatic carbocycles. The number of piperazine rings is 1. The lowest BCUT2D eigenvalue weighted by Gasteiger charge is -2.42. The molecule has 1 atom stereocenters. The monoisotopic (exact) mass is 861 g/mol. The van der Waals surface area contributed by atoms with Gasteiger partial charge in [0.15, 0.2) is 5.82 Å². The first-order chi connectivity index (χ1) is 31.0. The number of nitriles is 1. The molecule has 2 aliphatic rings. The largest absolute Gasteiger partial charge is 0.508 e. The van der Waals surface area contributed by atoms with Crippen LogP contribution in [0.2, 0.25) is 0 Å². The number of fused-ring (bicyclic) bond motifs is 2. The zero-order valence-corrected chi connectivity index (χ0v) is 35.9. The predicted molar refractivity (Wildman–Crippen MR) is 245 cm³/mol. The molecule has 0 bridgehead atoms. The van der Waals surface area contributed by atoms with E-state index in [0.29, 0.717) is 74.9 Å². The summed E-state index contributed by atoms with van der Waals surface area (Å²) in [5, 5.41) is 57.8. The fraction of sp³-hybridized carbons (Fsp3) is 0.312. The molecule has 5 N–H and O–H groups in total. The summed E-state index contributed by atoms with van der Waals surface area (Å²) in [6, 6.07) is 26.5. The number of phenols is 2. The zero-order valence-electron chi connectivity index (χ0n) is 35.9. The average molecular weight is 862 g/mol. The van der Waals surface area contributed by atoms with E-state index in [0.717, 1.165) is 40.3 Å². The van der Waals surface area contributed by atoms with Crippen LogP contribution in [0.15, 0.2) is 91.5 Å². The molecule has 0 radical (unpaired) electrons. The first-order valence-electron chi connectivity index (χ1n) is 21.5. The molecule has 1 saturated heterocycles. The van der Waals surface area contributed by atoms with E-state index < -0.39 is 0 Å². The van der Waals surface area contributed by atoms with Crippen molar-refractivity contribution in [3.05, 3.63) is 114 Å². The summed E-state index contributed by atoms with van der Waals surface area (Å²) in [6.07, 6.45) is 2.93. The van der Waals surface area contributed by atoms with Crippen molar-refractivity contribution in [3.63, 3.8) is 0 Å². The lowest BCUT2D eigenvalue weighted by atomic mass is 9.98. The summed E-state index contributed by atoms with van der Waals surface area (Å²) < 4.78 is 1.42. The van der Waals surface area contributed by atoms with Crippen LogP contribution in [0.5, 0.6) is 17.5 Å². The summed E-state index contributed by atoms with van der Waals surface area (Å²) in [5.74, 6) is 0.833. The van der Waals surface area contributed by atoms with Crippen LogP contribution in [0, 0.1) is 11.3 Å². The van der Waals surface area contributed by atoms with E-state index >= 15 is 0 Å². The standard InChI is InChI=1S/C48H51N11O5/c1-4-44(63)58-25-24-57(28-34(58)16-20-49)45-36-19-23-56(40-11-7-9-32-8-5-6-10-35(32)40)29-39(36)52-47(53-45)51-22-18-43(62)50-21-17-31-12-14-33(15-13-31)59-46(54-55-48(59)64)38-26-37(30(2)3)41(60)27-42(38)61/h4-15,26-27,30,34,60-61H,1,16-19,21-25,28-29H2,2-3H3,(H,50,62)(H,55,64)(H,51,52,53)/t34-/m1/s1. The van der Waals surface area contributed by atoms with Gasteiger partial charge in [-0.3, -0.25) is 9.59 Å². The van der Waals surface area contributed by atoms with Crippen molar-refractivity contribution in [2.24, 2.45) is 0 Å². The second kappa shape index (κ2) is 18.7. The molecule has 2 aliphatic heterocycles. The number of rotatable bonds is 14. The Bertz CT molecular complexity index is 2740. The van der Waals surface area contributed by atoms with E-state index in [9.17, 15) is 30.2 Å². The molecule has 0 spiro atoms. The Labute approximate surface area is 371 Å². The zero-order chi connectivity index (χ0) is 44.9. The van der Waals surface area contributed by atoms with Gasteiger partial charge < -0.3 is 40.7 Å². The fourth-order valence-electron chi connectivity index (χ4n) is 8.63. The molecule has 0 saturated carbocycles. The SMILES string of the molecule is C=CC(=O)N1CCN(c2nc(NCCC(=O)NCCc3ccc(-n4c(O)nnc4-c4cc(C(C)C)c(O)cc4O)cc3)nc3c2CCN(c2cccc4ccccc24)C3)C[C@H]1CC#N. The van der Waals surface area contributed by atoms with Crippen molar-refractivity contribution in [2.45, 2.75) is 58.0 Å². The Morgan fingerprint density at radius 2 is 1.73 bits per heavy atom. The Morgan fingerprint density at radius 3 is 2.52 bits per heavy atom. The lowest BCUT2D eigenvalue weighted by molar-refractivity contribution is -0.128. The predicted octanol–water partition coefficient (Wildman–Crippen LogP) is 5.96. The first-order valence-corrected chi connectivity index (χ1v) is 21.5. The molecular weight excluding hydrogens is 811 g/mol. The minimum Gasteiger partial charge on any atom is -0.508 e. The molecule has 1 fully saturated rings. The molecular formula is C48H51N11O5. The topological polar surface area (TPSA) is 209 Å². The van der Waals surface area contributed by atoms with Gasteiger partial charge in [0.1, 0.15) is 17.3 Å². The van der Waals surface area contributed by atoms with Crippen LogP contribution >= 0.6 is 0 Å². The Balaban J connectivity index is 0.923. The van der Waals surface area contributed by atoms with E-state index in [1.165, 1.54) is 22.1 Å². The van der Waals surface area contributed by atoms with E-state index in [-0.39, 0.29) is 59.9 Å². The van der Waals surface area contributed by atoms with E-state index in [1.807, 2.05) is 38.1 Å². The van der Waals surface area contributed by atoms with Crippen molar-refractivity contribution in [2.75, 3.05) is 54.4 Å². The Kier molecular flexibility index (Phi) is 12.6. The van der Waals surface area contributed by atoms with E-state index in [2.05, 4.69) is 73.6 Å².